The summed E-state index contributed by atoms with van der Waals surface area (Å²) in [5.74, 6) is 0.596. The SMILES string of the molecule is Nc1nnn(-c2cccc(F)c2)c1C1CC1. The van der Waals surface area contributed by atoms with Crippen molar-refractivity contribution in [3.05, 3.63) is 35.8 Å². The number of rotatable bonds is 2. The van der Waals surface area contributed by atoms with Crippen LogP contribution in [0, 0.1) is 5.82 Å². The monoisotopic (exact) mass is 218 g/mol. The second kappa shape index (κ2) is 3.30. The molecule has 0 bridgehead atoms. The van der Waals surface area contributed by atoms with Crippen molar-refractivity contribution in [3.63, 3.8) is 0 Å². The van der Waals surface area contributed by atoms with E-state index < -0.39 is 0 Å². The minimum absolute atomic E-state index is 0.284. The van der Waals surface area contributed by atoms with Crippen molar-refractivity contribution in [2.45, 2.75) is 18.8 Å². The molecule has 0 radical (unpaired) electrons. The lowest BCUT2D eigenvalue weighted by Crippen LogP contribution is -2.02. The summed E-state index contributed by atoms with van der Waals surface area (Å²) in [6.45, 7) is 0. The fourth-order valence-electron chi connectivity index (χ4n) is 1.84. The van der Waals surface area contributed by atoms with E-state index in [1.165, 1.54) is 12.1 Å². The van der Waals surface area contributed by atoms with Crippen LogP contribution >= 0.6 is 0 Å². The molecule has 1 aliphatic rings. The van der Waals surface area contributed by atoms with Gasteiger partial charge in [0.1, 0.15) is 5.82 Å². The van der Waals surface area contributed by atoms with E-state index in [1.807, 2.05) is 0 Å². The van der Waals surface area contributed by atoms with Crippen LogP contribution in [-0.2, 0) is 0 Å². The average Bonchev–Trinajstić information content (AvgIpc) is 3.02. The summed E-state index contributed by atoms with van der Waals surface area (Å²) in [4.78, 5) is 0. The highest BCUT2D eigenvalue weighted by Gasteiger charge is 2.31. The van der Waals surface area contributed by atoms with E-state index in [-0.39, 0.29) is 5.82 Å². The number of nitrogens with zero attached hydrogens (tertiary/aromatic N) is 3. The molecule has 1 aromatic carbocycles. The molecule has 1 fully saturated rings. The quantitative estimate of drug-likeness (QED) is 0.837. The number of hydrogen-bond acceptors (Lipinski definition) is 3. The molecule has 0 spiro atoms. The smallest absolute Gasteiger partial charge is 0.169 e. The molecule has 2 N–H and O–H groups in total. The van der Waals surface area contributed by atoms with Gasteiger partial charge in [0, 0.05) is 5.92 Å². The third-order valence-electron chi connectivity index (χ3n) is 2.75. The van der Waals surface area contributed by atoms with Crippen molar-refractivity contribution in [1.29, 1.82) is 0 Å². The molecule has 5 heteroatoms. The van der Waals surface area contributed by atoms with E-state index in [9.17, 15) is 4.39 Å². The molecule has 2 aromatic rings. The summed E-state index contributed by atoms with van der Waals surface area (Å²) in [7, 11) is 0. The lowest BCUT2D eigenvalue weighted by Gasteiger charge is -2.05. The van der Waals surface area contributed by atoms with Crippen molar-refractivity contribution in [3.8, 4) is 5.69 Å². The maximum atomic E-state index is 13.1. The second-order valence-electron chi connectivity index (χ2n) is 4.03. The van der Waals surface area contributed by atoms with Gasteiger partial charge in [-0.3, -0.25) is 0 Å². The third-order valence-corrected chi connectivity index (χ3v) is 2.75. The van der Waals surface area contributed by atoms with Gasteiger partial charge < -0.3 is 5.73 Å². The number of benzene rings is 1. The Balaban J connectivity index is 2.12. The molecular formula is C11H11FN4. The highest BCUT2D eigenvalue weighted by Crippen LogP contribution is 2.42. The number of anilines is 1. The standard InChI is InChI=1S/C11H11FN4/c12-8-2-1-3-9(6-8)16-10(7-4-5-7)11(13)14-15-16/h1-3,6-7H,4-5,13H2. The summed E-state index contributed by atoms with van der Waals surface area (Å²) >= 11 is 0. The van der Waals surface area contributed by atoms with E-state index >= 15 is 0 Å². The van der Waals surface area contributed by atoms with E-state index in [1.54, 1.807) is 16.8 Å². The van der Waals surface area contributed by atoms with Crippen LogP contribution in [0.5, 0.6) is 0 Å². The van der Waals surface area contributed by atoms with Crippen LogP contribution in [0.4, 0.5) is 10.2 Å². The minimum atomic E-state index is -0.284. The van der Waals surface area contributed by atoms with E-state index in [4.69, 9.17) is 5.73 Å². The molecule has 16 heavy (non-hydrogen) atoms. The van der Waals surface area contributed by atoms with Crippen LogP contribution in [0.2, 0.25) is 0 Å². The highest BCUT2D eigenvalue weighted by molar-refractivity contribution is 5.44. The van der Waals surface area contributed by atoms with Crippen molar-refractivity contribution in [2.24, 2.45) is 0 Å². The van der Waals surface area contributed by atoms with E-state index in [2.05, 4.69) is 10.3 Å². The molecule has 1 heterocycles. The van der Waals surface area contributed by atoms with Crippen LogP contribution in [0.15, 0.2) is 24.3 Å². The van der Waals surface area contributed by atoms with Gasteiger partial charge in [0.2, 0.25) is 0 Å². The molecule has 0 saturated heterocycles. The molecular weight excluding hydrogens is 207 g/mol. The first kappa shape index (κ1) is 9.33. The first-order chi connectivity index (χ1) is 7.75. The molecule has 82 valence electrons. The number of aromatic nitrogens is 3. The van der Waals surface area contributed by atoms with Crippen molar-refractivity contribution >= 4 is 5.82 Å². The maximum absolute atomic E-state index is 13.1. The molecule has 0 amide bonds. The largest absolute Gasteiger partial charge is 0.381 e. The van der Waals surface area contributed by atoms with Gasteiger partial charge in [-0.25, -0.2) is 9.07 Å². The molecule has 0 atom stereocenters. The van der Waals surface area contributed by atoms with Gasteiger partial charge in [-0.05, 0) is 31.0 Å². The highest BCUT2D eigenvalue weighted by atomic mass is 19.1. The summed E-state index contributed by atoms with van der Waals surface area (Å²) in [5, 5.41) is 7.82. The van der Waals surface area contributed by atoms with Gasteiger partial charge in [0.15, 0.2) is 5.82 Å². The molecule has 0 aliphatic heterocycles. The number of nitrogen functional groups attached to an aromatic ring is 1. The molecule has 3 rings (SSSR count). The predicted octanol–water partition coefficient (Wildman–Crippen LogP) is 1.87. The predicted molar refractivity (Wildman–Crippen MR) is 57.7 cm³/mol. The fraction of sp³-hybridized carbons (Fsp3) is 0.273. The Morgan fingerprint density at radius 1 is 1.38 bits per heavy atom. The number of nitrogens with two attached hydrogens (primary N) is 1. The Morgan fingerprint density at radius 2 is 2.19 bits per heavy atom. The molecule has 1 aliphatic carbocycles. The van der Waals surface area contributed by atoms with Gasteiger partial charge in [-0.1, -0.05) is 11.3 Å². The van der Waals surface area contributed by atoms with Crippen LogP contribution in [-0.4, -0.2) is 15.0 Å². The zero-order valence-electron chi connectivity index (χ0n) is 8.60. The molecule has 1 aromatic heterocycles. The summed E-state index contributed by atoms with van der Waals surface area (Å²) in [6.07, 6.45) is 2.21. The van der Waals surface area contributed by atoms with Gasteiger partial charge in [0.05, 0.1) is 11.4 Å². The normalized spacial score (nSPS) is 15.3. The minimum Gasteiger partial charge on any atom is -0.381 e. The first-order valence-corrected chi connectivity index (χ1v) is 5.23. The van der Waals surface area contributed by atoms with Gasteiger partial charge >= 0.3 is 0 Å². The summed E-state index contributed by atoms with van der Waals surface area (Å²) < 4.78 is 14.8. The van der Waals surface area contributed by atoms with Crippen LogP contribution in [0.3, 0.4) is 0 Å². The van der Waals surface area contributed by atoms with Crippen molar-refractivity contribution < 1.29 is 4.39 Å². The van der Waals surface area contributed by atoms with Gasteiger partial charge in [0.25, 0.3) is 0 Å². The average molecular weight is 218 g/mol. The fourth-order valence-corrected chi connectivity index (χ4v) is 1.84. The molecule has 1 saturated carbocycles. The topological polar surface area (TPSA) is 56.7 Å². The van der Waals surface area contributed by atoms with E-state index in [0.717, 1.165) is 18.5 Å². The zero-order chi connectivity index (χ0) is 11.1. The van der Waals surface area contributed by atoms with Crippen molar-refractivity contribution in [1.82, 2.24) is 15.0 Å². The number of halogens is 1. The van der Waals surface area contributed by atoms with E-state index in [0.29, 0.717) is 17.4 Å². The maximum Gasteiger partial charge on any atom is 0.169 e. The van der Waals surface area contributed by atoms with Crippen LogP contribution in [0.1, 0.15) is 24.5 Å². The lowest BCUT2D eigenvalue weighted by atomic mass is 10.2. The van der Waals surface area contributed by atoms with Crippen LogP contribution in [0.25, 0.3) is 5.69 Å². The molecule has 0 unspecified atom stereocenters. The Hall–Kier alpha value is -1.91. The molecule has 4 nitrogen and oxygen atoms in total. The lowest BCUT2D eigenvalue weighted by molar-refractivity contribution is 0.624. The number of hydrogen-bond donors (Lipinski definition) is 1. The van der Waals surface area contributed by atoms with Gasteiger partial charge in [-0.2, -0.15) is 0 Å². The Labute approximate surface area is 91.9 Å². The Kier molecular flexibility index (Phi) is 1.92. The Morgan fingerprint density at radius 3 is 2.88 bits per heavy atom. The van der Waals surface area contributed by atoms with Crippen LogP contribution < -0.4 is 5.73 Å². The zero-order valence-corrected chi connectivity index (χ0v) is 8.60. The van der Waals surface area contributed by atoms with Crippen molar-refractivity contribution in [2.75, 3.05) is 5.73 Å². The summed E-state index contributed by atoms with van der Waals surface area (Å²) in [6, 6.07) is 6.28. The third kappa shape index (κ3) is 1.44. The van der Waals surface area contributed by atoms with Gasteiger partial charge in [-0.15, -0.1) is 5.10 Å². The second-order valence-corrected chi connectivity index (χ2v) is 4.03. The summed E-state index contributed by atoms with van der Waals surface area (Å²) in [5.41, 5.74) is 7.35. The first-order valence-electron chi connectivity index (χ1n) is 5.23. The Bertz CT molecular complexity index is 531.